The van der Waals surface area contributed by atoms with Crippen LogP contribution < -0.4 is 5.32 Å². The molecule has 20 heavy (non-hydrogen) atoms. The van der Waals surface area contributed by atoms with E-state index in [-0.39, 0.29) is 0 Å². The molecule has 0 aromatic heterocycles. The van der Waals surface area contributed by atoms with E-state index in [0.29, 0.717) is 6.04 Å². The van der Waals surface area contributed by atoms with Gasteiger partial charge in [-0.3, -0.25) is 0 Å². The van der Waals surface area contributed by atoms with Crippen molar-refractivity contribution in [2.45, 2.75) is 62.4 Å². The number of thioether (sulfide) groups is 1. The van der Waals surface area contributed by atoms with Gasteiger partial charge in [-0.1, -0.05) is 25.0 Å². The number of rotatable bonds is 5. The molecule has 1 aromatic rings. The average molecular weight is 289 g/mol. The quantitative estimate of drug-likeness (QED) is 0.763. The fraction of sp³-hybridized carbons (Fsp3) is 0.667. The molecule has 3 unspecified atom stereocenters. The zero-order chi connectivity index (χ0) is 13.9. The van der Waals surface area contributed by atoms with Gasteiger partial charge in [0.15, 0.2) is 0 Å². The van der Waals surface area contributed by atoms with E-state index in [1.807, 2.05) is 11.8 Å². The van der Waals surface area contributed by atoms with Crippen LogP contribution >= 0.6 is 11.8 Å². The molecule has 0 bridgehead atoms. The summed E-state index contributed by atoms with van der Waals surface area (Å²) in [7, 11) is 0. The fourth-order valence-electron chi connectivity index (χ4n) is 3.72. The highest BCUT2D eigenvalue weighted by Gasteiger charge is 2.34. The maximum Gasteiger partial charge on any atom is 0.0294 e. The lowest BCUT2D eigenvalue weighted by atomic mass is 9.82. The Balaban J connectivity index is 1.55. The molecular formula is C18H27NS. The first kappa shape index (κ1) is 14.5. The lowest BCUT2D eigenvalue weighted by Gasteiger charge is -2.32. The molecule has 1 nitrogen and oxygen atoms in total. The van der Waals surface area contributed by atoms with E-state index in [1.165, 1.54) is 49.0 Å². The largest absolute Gasteiger partial charge is 0.307 e. The van der Waals surface area contributed by atoms with Gasteiger partial charge in [0.2, 0.25) is 0 Å². The Bertz CT molecular complexity index is 424. The summed E-state index contributed by atoms with van der Waals surface area (Å²) in [5.74, 6) is 2.10. The van der Waals surface area contributed by atoms with E-state index < -0.39 is 0 Å². The first-order valence-electron chi connectivity index (χ1n) is 8.16. The number of hydrogen-bond acceptors (Lipinski definition) is 2. The standard InChI is InChI=1S/C18H27NS/c1-13(14-8-10-18(20-2)11-9-14)19-17-5-3-4-16(12-17)15-6-7-15/h8-11,13,15-17,19H,3-7,12H2,1-2H3. The predicted molar refractivity (Wildman–Crippen MR) is 88.2 cm³/mol. The summed E-state index contributed by atoms with van der Waals surface area (Å²) in [5, 5.41) is 3.88. The average Bonchev–Trinajstić information content (AvgIpc) is 3.32. The first-order valence-corrected chi connectivity index (χ1v) is 9.38. The zero-order valence-electron chi connectivity index (χ0n) is 12.8. The third-order valence-corrected chi connectivity index (χ3v) is 5.85. The molecule has 2 heteroatoms. The highest BCUT2D eigenvalue weighted by molar-refractivity contribution is 7.98. The van der Waals surface area contributed by atoms with Gasteiger partial charge in [0.25, 0.3) is 0 Å². The summed E-state index contributed by atoms with van der Waals surface area (Å²) in [6.07, 6.45) is 10.8. The highest BCUT2D eigenvalue weighted by Crippen LogP contribution is 2.44. The lowest BCUT2D eigenvalue weighted by Crippen LogP contribution is -2.36. The Labute approximate surface area is 127 Å². The molecule has 0 heterocycles. The Morgan fingerprint density at radius 3 is 2.45 bits per heavy atom. The van der Waals surface area contributed by atoms with E-state index in [0.717, 1.165) is 17.9 Å². The second-order valence-corrected chi connectivity index (χ2v) is 7.50. The first-order chi connectivity index (χ1) is 9.76. The second kappa shape index (κ2) is 6.53. The molecule has 0 saturated heterocycles. The van der Waals surface area contributed by atoms with Crippen LogP contribution in [-0.4, -0.2) is 12.3 Å². The van der Waals surface area contributed by atoms with E-state index in [2.05, 4.69) is 42.8 Å². The molecule has 2 fully saturated rings. The van der Waals surface area contributed by atoms with Crippen molar-refractivity contribution in [1.29, 1.82) is 0 Å². The van der Waals surface area contributed by atoms with E-state index in [1.54, 1.807) is 0 Å². The second-order valence-electron chi connectivity index (χ2n) is 6.62. The zero-order valence-corrected chi connectivity index (χ0v) is 13.6. The molecule has 1 N–H and O–H groups in total. The summed E-state index contributed by atoms with van der Waals surface area (Å²) in [5.41, 5.74) is 1.43. The van der Waals surface area contributed by atoms with Crippen LogP contribution in [0.1, 0.15) is 57.1 Å². The Morgan fingerprint density at radius 2 is 1.80 bits per heavy atom. The van der Waals surface area contributed by atoms with E-state index in [4.69, 9.17) is 0 Å². The van der Waals surface area contributed by atoms with Gasteiger partial charge in [0, 0.05) is 17.0 Å². The molecule has 2 aliphatic carbocycles. The fourth-order valence-corrected chi connectivity index (χ4v) is 4.13. The van der Waals surface area contributed by atoms with E-state index >= 15 is 0 Å². The summed E-state index contributed by atoms with van der Waals surface area (Å²) >= 11 is 1.81. The molecule has 0 radical (unpaired) electrons. The van der Waals surface area contributed by atoms with Gasteiger partial charge >= 0.3 is 0 Å². The maximum absolute atomic E-state index is 3.88. The van der Waals surface area contributed by atoms with E-state index in [9.17, 15) is 0 Å². The predicted octanol–water partition coefficient (Wildman–Crippen LogP) is 5.03. The number of nitrogens with one attached hydrogen (secondary N) is 1. The molecule has 2 saturated carbocycles. The smallest absolute Gasteiger partial charge is 0.0294 e. The molecule has 0 spiro atoms. The molecule has 1 aromatic carbocycles. The third-order valence-electron chi connectivity index (χ3n) is 5.10. The van der Waals surface area contributed by atoms with Crippen molar-refractivity contribution in [3.63, 3.8) is 0 Å². The third kappa shape index (κ3) is 3.59. The molecule has 0 aliphatic heterocycles. The highest BCUT2D eigenvalue weighted by atomic mass is 32.2. The molecular weight excluding hydrogens is 262 g/mol. The monoisotopic (exact) mass is 289 g/mol. The minimum atomic E-state index is 0.480. The molecule has 3 rings (SSSR count). The van der Waals surface area contributed by atoms with Gasteiger partial charge in [0.1, 0.15) is 0 Å². The van der Waals surface area contributed by atoms with Crippen LogP contribution in [0.15, 0.2) is 29.2 Å². The van der Waals surface area contributed by atoms with Gasteiger partial charge in [-0.25, -0.2) is 0 Å². The maximum atomic E-state index is 3.88. The van der Waals surface area contributed by atoms with Gasteiger partial charge in [-0.15, -0.1) is 11.8 Å². The van der Waals surface area contributed by atoms with Crippen molar-refractivity contribution in [2.75, 3.05) is 6.26 Å². The van der Waals surface area contributed by atoms with Crippen molar-refractivity contribution in [3.8, 4) is 0 Å². The van der Waals surface area contributed by atoms with Gasteiger partial charge < -0.3 is 5.32 Å². The van der Waals surface area contributed by atoms with Crippen LogP contribution in [0, 0.1) is 11.8 Å². The topological polar surface area (TPSA) is 12.0 Å². The summed E-state index contributed by atoms with van der Waals surface area (Å²) in [4.78, 5) is 1.35. The molecule has 2 aliphatic rings. The molecule has 3 atom stereocenters. The van der Waals surface area contributed by atoms with Crippen molar-refractivity contribution in [1.82, 2.24) is 5.32 Å². The summed E-state index contributed by atoms with van der Waals surface area (Å²) < 4.78 is 0. The minimum absolute atomic E-state index is 0.480. The van der Waals surface area contributed by atoms with Crippen LogP contribution in [0.3, 0.4) is 0 Å². The summed E-state index contributed by atoms with van der Waals surface area (Å²) in [6.45, 7) is 2.31. The van der Waals surface area contributed by atoms with Gasteiger partial charge in [-0.05, 0) is 68.4 Å². The molecule has 0 amide bonds. The van der Waals surface area contributed by atoms with Gasteiger partial charge in [0.05, 0.1) is 0 Å². The Kier molecular flexibility index (Phi) is 4.72. The summed E-state index contributed by atoms with van der Waals surface area (Å²) in [6, 6.07) is 10.3. The van der Waals surface area contributed by atoms with Crippen molar-refractivity contribution in [2.24, 2.45) is 11.8 Å². The number of hydrogen-bond donors (Lipinski definition) is 1. The Hall–Kier alpha value is -0.470. The number of benzene rings is 1. The van der Waals surface area contributed by atoms with Crippen LogP contribution in [0.4, 0.5) is 0 Å². The van der Waals surface area contributed by atoms with Crippen LogP contribution in [0.5, 0.6) is 0 Å². The van der Waals surface area contributed by atoms with Crippen molar-refractivity contribution >= 4 is 11.8 Å². The van der Waals surface area contributed by atoms with Gasteiger partial charge in [-0.2, -0.15) is 0 Å². The lowest BCUT2D eigenvalue weighted by molar-refractivity contribution is 0.249. The van der Waals surface area contributed by atoms with Crippen molar-refractivity contribution in [3.05, 3.63) is 29.8 Å². The molecule has 110 valence electrons. The van der Waals surface area contributed by atoms with Crippen LogP contribution in [0.25, 0.3) is 0 Å². The van der Waals surface area contributed by atoms with Crippen LogP contribution in [0.2, 0.25) is 0 Å². The SMILES string of the molecule is CSc1ccc(C(C)NC2CCCC(C3CC3)C2)cc1. The minimum Gasteiger partial charge on any atom is -0.307 e. The van der Waals surface area contributed by atoms with Crippen molar-refractivity contribution < 1.29 is 0 Å². The normalized spacial score (nSPS) is 28.3. The Morgan fingerprint density at radius 1 is 1.05 bits per heavy atom. The van der Waals surface area contributed by atoms with Crippen LogP contribution in [-0.2, 0) is 0 Å².